The average molecular weight is 766 g/mol. The van der Waals surface area contributed by atoms with Crippen molar-refractivity contribution >= 4 is 23.0 Å². The lowest BCUT2D eigenvalue weighted by Crippen LogP contribution is -2.45. The Morgan fingerprint density at radius 1 is 0.655 bits per heavy atom. The quantitative estimate of drug-likeness (QED) is 0.149. The van der Waals surface area contributed by atoms with Crippen LogP contribution in [0.3, 0.4) is 0 Å². The van der Waals surface area contributed by atoms with Crippen LogP contribution in [-0.4, -0.2) is 17.0 Å². The first-order valence-electron chi connectivity index (χ1n) is 20.8. The van der Waals surface area contributed by atoms with Gasteiger partial charge in [-0.2, -0.15) is 0 Å². The Morgan fingerprint density at radius 3 is 2.12 bits per heavy atom. The Bertz CT molecular complexity index is 2470. The number of nitrogens with zero attached hydrogens (tertiary/aromatic N) is 1. The number of rotatable bonds is 7. The van der Waals surface area contributed by atoms with E-state index < -0.39 is 0 Å². The monoisotopic (exact) mass is 765 g/mol. The number of anilines is 1. The molecule has 1 aliphatic heterocycles. The molecule has 0 fully saturated rings. The van der Waals surface area contributed by atoms with Crippen molar-refractivity contribution in [3.63, 3.8) is 0 Å². The van der Waals surface area contributed by atoms with Gasteiger partial charge in [0.05, 0.1) is 5.41 Å². The molecule has 0 aromatic heterocycles. The lowest BCUT2D eigenvalue weighted by molar-refractivity contribution is 0.355. The molecule has 6 unspecified atom stereocenters. The van der Waals surface area contributed by atoms with Gasteiger partial charge in [0.2, 0.25) is 0 Å². The maximum absolute atomic E-state index is 3.36. The van der Waals surface area contributed by atoms with E-state index >= 15 is 0 Å². The fraction of sp³-hybridized carbons (Fsp3) is 0.179. The van der Waals surface area contributed by atoms with Crippen molar-refractivity contribution < 1.29 is 0 Å². The van der Waals surface area contributed by atoms with E-state index in [2.05, 4.69) is 236 Å². The van der Waals surface area contributed by atoms with Crippen LogP contribution in [0, 0.1) is 29.9 Å². The predicted octanol–water partition coefficient (Wildman–Crippen LogP) is 13.3. The van der Waals surface area contributed by atoms with Gasteiger partial charge in [-0.15, -0.1) is 11.8 Å². The van der Waals surface area contributed by atoms with E-state index in [0.29, 0.717) is 17.1 Å². The normalized spacial score (nSPS) is 25.5. The van der Waals surface area contributed by atoms with Crippen molar-refractivity contribution in [3.05, 3.63) is 252 Å². The van der Waals surface area contributed by atoms with Gasteiger partial charge in [-0.3, -0.25) is 0 Å². The Morgan fingerprint density at radius 2 is 1.36 bits per heavy atom. The second-order valence-electron chi connectivity index (χ2n) is 16.1. The lowest BCUT2D eigenvalue weighted by atomic mass is 9.62. The van der Waals surface area contributed by atoms with E-state index in [9.17, 15) is 0 Å². The number of benzene rings is 5. The molecule has 4 aliphatic rings. The number of fused-ring (bicyclic) bond motifs is 4. The Balaban J connectivity index is 1.10. The molecule has 0 bridgehead atoms. The minimum Gasteiger partial charge on any atom is -0.338 e. The summed E-state index contributed by atoms with van der Waals surface area (Å²) in [7, 11) is 0. The first-order valence-corrected chi connectivity index (χ1v) is 21.8. The number of hydrogen-bond donors (Lipinski definition) is 0. The zero-order valence-electron chi connectivity index (χ0n) is 32.9. The van der Waals surface area contributed by atoms with Crippen molar-refractivity contribution in [3.8, 4) is 11.1 Å². The average Bonchev–Trinajstić information content (AvgIpc) is 3.64. The van der Waals surface area contributed by atoms with Crippen LogP contribution in [0.15, 0.2) is 212 Å². The SMILES string of the molecule is CC1/C=C\C(N(c2ccc(-c3ccccc3)cc2)C2CC=CC3[C@@H]2c2ccccc2C3(c2cc#ccc2)c2ccccc2)=C/CSC2C=C(c3ccccc3)C=CC12. The van der Waals surface area contributed by atoms with Crippen LogP contribution >= 0.6 is 11.8 Å². The van der Waals surface area contributed by atoms with Crippen LogP contribution in [0.25, 0.3) is 16.7 Å². The van der Waals surface area contributed by atoms with Crippen LogP contribution in [0.5, 0.6) is 0 Å². The van der Waals surface area contributed by atoms with Gasteiger partial charge in [0, 0.05) is 40.3 Å². The van der Waals surface area contributed by atoms with Crippen molar-refractivity contribution in [1.29, 1.82) is 0 Å². The Kier molecular flexibility index (Phi) is 9.86. The number of allylic oxidation sites excluding steroid dienone is 6. The van der Waals surface area contributed by atoms with E-state index in [1.165, 1.54) is 55.9 Å². The van der Waals surface area contributed by atoms with Gasteiger partial charge in [0.15, 0.2) is 0 Å². The summed E-state index contributed by atoms with van der Waals surface area (Å²) in [6.07, 6.45) is 20.7. The summed E-state index contributed by atoms with van der Waals surface area (Å²) in [5.74, 6) is 2.14. The minimum atomic E-state index is -0.371. The fourth-order valence-electron chi connectivity index (χ4n) is 10.4. The first-order chi connectivity index (χ1) is 28.7. The molecule has 282 valence electrons. The number of thioether (sulfide) groups is 1. The smallest absolute Gasteiger partial charge is 0.0529 e. The van der Waals surface area contributed by atoms with E-state index in [4.69, 9.17) is 0 Å². The van der Waals surface area contributed by atoms with Crippen LogP contribution in [0.2, 0.25) is 0 Å². The van der Waals surface area contributed by atoms with Crippen LogP contribution in [-0.2, 0) is 5.41 Å². The molecule has 7 atom stereocenters. The molecule has 10 rings (SSSR count). The summed E-state index contributed by atoms with van der Waals surface area (Å²) < 4.78 is 0. The van der Waals surface area contributed by atoms with Gasteiger partial charge < -0.3 is 4.90 Å². The summed E-state index contributed by atoms with van der Waals surface area (Å²) >= 11 is 2.07. The summed E-state index contributed by atoms with van der Waals surface area (Å²) in [6, 6.07) is 64.7. The molecule has 0 radical (unpaired) electrons. The number of hydrogen-bond acceptors (Lipinski definition) is 2. The molecule has 1 nitrogen and oxygen atoms in total. The molecule has 58 heavy (non-hydrogen) atoms. The van der Waals surface area contributed by atoms with E-state index in [1.807, 2.05) is 6.07 Å². The largest absolute Gasteiger partial charge is 0.338 e. The van der Waals surface area contributed by atoms with Crippen LogP contribution in [0.4, 0.5) is 5.69 Å². The van der Waals surface area contributed by atoms with Crippen LogP contribution < -0.4 is 4.90 Å². The van der Waals surface area contributed by atoms with Crippen molar-refractivity contribution in [2.75, 3.05) is 10.7 Å². The summed E-state index contributed by atoms with van der Waals surface area (Å²) in [5.41, 5.74) is 12.6. The second-order valence-corrected chi connectivity index (χ2v) is 17.3. The summed E-state index contributed by atoms with van der Waals surface area (Å²) in [4.78, 5) is 2.71. The van der Waals surface area contributed by atoms with Gasteiger partial charge in [0.25, 0.3) is 0 Å². The maximum atomic E-state index is 3.36. The minimum absolute atomic E-state index is 0.173. The zero-order valence-corrected chi connectivity index (χ0v) is 33.7. The van der Waals surface area contributed by atoms with Gasteiger partial charge in [-0.25, -0.2) is 0 Å². The van der Waals surface area contributed by atoms with Gasteiger partial charge >= 0.3 is 0 Å². The van der Waals surface area contributed by atoms with Gasteiger partial charge in [-0.1, -0.05) is 189 Å². The van der Waals surface area contributed by atoms with Gasteiger partial charge in [-0.05, 0) is 99.2 Å². The van der Waals surface area contributed by atoms with E-state index in [1.54, 1.807) is 0 Å². The van der Waals surface area contributed by atoms with Crippen LogP contribution in [0.1, 0.15) is 47.1 Å². The first kappa shape index (κ1) is 36.3. The molecular weight excluding hydrogens is 719 g/mol. The highest BCUT2D eigenvalue weighted by atomic mass is 32.2. The molecule has 6 aromatic carbocycles. The molecule has 0 spiro atoms. The fourth-order valence-corrected chi connectivity index (χ4v) is 11.7. The van der Waals surface area contributed by atoms with E-state index in [-0.39, 0.29) is 23.3 Å². The Labute approximate surface area is 348 Å². The third-order valence-electron chi connectivity index (χ3n) is 13.1. The summed E-state index contributed by atoms with van der Waals surface area (Å²) in [5, 5.41) is 0.393. The van der Waals surface area contributed by atoms with Crippen molar-refractivity contribution in [1.82, 2.24) is 0 Å². The maximum Gasteiger partial charge on any atom is 0.0529 e. The molecule has 3 aliphatic carbocycles. The molecule has 0 saturated carbocycles. The predicted molar refractivity (Wildman–Crippen MR) is 245 cm³/mol. The molecule has 6 aromatic rings. The standard InChI is InChI=1S/C56H47NS/c1-40-29-33-48(37-38-58-54-39-44(32-36-49(40)54)42-19-8-3-9-20-42)57(47-34-30-43(31-35-47)41-17-6-2-7-18-41)53-28-16-27-52-55(53)50-25-14-15-26-51(50)56(52,45-21-10-4-11-22-45)46-23-12-5-13-24-46/h2-4,6-12,14-27,29-37,39-40,49,52-55H,28,38H2,1H3/b33-29-,48-37+/t40?,49?,52?,53?,54?,55-,56?/m0/s1. The lowest BCUT2D eigenvalue weighted by Gasteiger charge is -2.45. The topological polar surface area (TPSA) is 3.24 Å². The molecule has 0 amide bonds. The summed E-state index contributed by atoms with van der Waals surface area (Å²) in [6.45, 7) is 2.40. The zero-order chi connectivity index (χ0) is 38.9. The Hall–Kier alpha value is -6.01. The molecule has 0 N–H and O–H groups in total. The highest BCUT2D eigenvalue weighted by Crippen LogP contribution is 2.61. The molecule has 1 heterocycles. The molecule has 0 saturated heterocycles. The van der Waals surface area contributed by atoms with Gasteiger partial charge in [0.1, 0.15) is 0 Å². The molecular formula is C56H47NS. The van der Waals surface area contributed by atoms with Crippen molar-refractivity contribution in [2.45, 2.75) is 36.0 Å². The highest BCUT2D eigenvalue weighted by Gasteiger charge is 2.56. The van der Waals surface area contributed by atoms with Crippen molar-refractivity contribution in [2.24, 2.45) is 17.8 Å². The molecule has 2 heteroatoms. The third kappa shape index (κ3) is 6.39. The van der Waals surface area contributed by atoms with E-state index in [0.717, 1.165) is 12.2 Å². The third-order valence-corrected chi connectivity index (χ3v) is 14.3. The second kappa shape index (κ2) is 15.7. The highest BCUT2D eigenvalue weighted by molar-refractivity contribution is 8.00.